The SMILES string of the molecule is COc1cccc(OCC(C(=N)N)C(F)(F)F)c1. The number of rotatable bonds is 5. The lowest BCUT2D eigenvalue weighted by Crippen LogP contribution is -2.39. The van der Waals surface area contributed by atoms with Gasteiger partial charge in [-0.25, -0.2) is 0 Å². The van der Waals surface area contributed by atoms with Crippen molar-refractivity contribution in [3.8, 4) is 11.5 Å². The van der Waals surface area contributed by atoms with E-state index in [0.717, 1.165) is 0 Å². The minimum Gasteiger partial charge on any atom is -0.497 e. The highest BCUT2D eigenvalue weighted by atomic mass is 19.4. The maximum absolute atomic E-state index is 12.5. The first kappa shape index (κ1) is 14.1. The molecule has 0 spiro atoms. The van der Waals surface area contributed by atoms with Crippen LogP contribution in [0.1, 0.15) is 0 Å². The van der Waals surface area contributed by atoms with Crippen LogP contribution in [-0.4, -0.2) is 25.7 Å². The van der Waals surface area contributed by atoms with E-state index in [9.17, 15) is 13.2 Å². The molecule has 0 heterocycles. The third-order valence-electron chi connectivity index (χ3n) is 2.23. The highest BCUT2D eigenvalue weighted by Crippen LogP contribution is 2.27. The molecule has 0 radical (unpaired) electrons. The van der Waals surface area contributed by atoms with Crippen molar-refractivity contribution >= 4 is 5.84 Å². The van der Waals surface area contributed by atoms with E-state index in [-0.39, 0.29) is 5.75 Å². The standard InChI is InChI=1S/C11H13F3N2O2/c1-17-7-3-2-4-8(5-7)18-6-9(10(15)16)11(12,13)14/h2-5,9H,6H2,1H3,(H3,15,16). The van der Waals surface area contributed by atoms with Crippen LogP contribution in [0.25, 0.3) is 0 Å². The van der Waals surface area contributed by atoms with Gasteiger partial charge in [0, 0.05) is 6.07 Å². The molecule has 0 saturated carbocycles. The van der Waals surface area contributed by atoms with Gasteiger partial charge >= 0.3 is 6.18 Å². The Morgan fingerprint density at radius 2 is 2.00 bits per heavy atom. The summed E-state index contributed by atoms with van der Waals surface area (Å²) in [4.78, 5) is 0. The van der Waals surface area contributed by atoms with Gasteiger partial charge in [0.1, 0.15) is 29.9 Å². The lowest BCUT2D eigenvalue weighted by Gasteiger charge is -2.19. The summed E-state index contributed by atoms with van der Waals surface area (Å²) in [6.45, 7) is -0.730. The van der Waals surface area contributed by atoms with Crippen molar-refractivity contribution in [2.45, 2.75) is 6.18 Å². The Kier molecular flexibility index (Phi) is 4.41. The van der Waals surface area contributed by atoms with Crippen LogP contribution in [0.3, 0.4) is 0 Å². The zero-order valence-electron chi connectivity index (χ0n) is 9.62. The van der Waals surface area contributed by atoms with Crippen LogP contribution in [-0.2, 0) is 0 Å². The molecule has 0 amide bonds. The molecule has 1 unspecified atom stereocenters. The summed E-state index contributed by atoms with van der Waals surface area (Å²) in [6, 6.07) is 6.17. The van der Waals surface area contributed by atoms with E-state index in [4.69, 9.17) is 20.6 Å². The first-order chi connectivity index (χ1) is 8.34. The fourth-order valence-corrected chi connectivity index (χ4v) is 1.23. The molecule has 1 aromatic rings. The van der Waals surface area contributed by atoms with Crippen LogP contribution >= 0.6 is 0 Å². The van der Waals surface area contributed by atoms with Gasteiger partial charge in [0.15, 0.2) is 0 Å². The van der Waals surface area contributed by atoms with Crippen molar-refractivity contribution in [2.75, 3.05) is 13.7 Å². The van der Waals surface area contributed by atoms with E-state index >= 15 is 0 Å². The number of methoxy groups -OCH3 is 1. The van der Waals surface area contributed by atoms with Crippen LogP contribution in [0.4, 0.5) is 13.2 Å². The van der Waals surface area contributed by atoms with Crippen LogP contribution < -0.4 is 15.2 Å². The number of alkyl halides is 3. The topological polar surface area (TPSA) is 68.3 Å². The van der Waals surface area contributed by atoms with Crippen LogP contribution in [0.15, 0.2) is 24.3 Å². The molecule has 1 aromatic carbocycles. The molecule has 0 aliphatic rings. The number of ether oxygens (including phenoxy) is 2. The largest absolute Gasteiger partial charge is 0.497 e. The van der Waals surface area contributed by atoms with Gasteiger partial charge in [0.2, 0.25) is 0 Å². The Labute approximate surface area is 102 Å². The highest BCUT2D eigenvalue weighted by molar-refractivity contribution is 5.80. The average molecular weight is 262 g/mol. The number of hydrogen-bond acceptors (Lipinski definition) is 3. The molecule has 7 heteroatoms. The molecule has 18 heavy (non-hydrogen) atoms. The van der Waals surface area contributed by atoms with Gasteiger partial charge < -0.3 is 15.2 Å². The van der Waals surface area contributed by atoms with E-state index in [1.807, 2.05) is 0 Å². The normalized spacial score (nSPS) is 12.9. The fourth-order valence-electron chi connectivity index (χ4n) is 1.23. The Hall–Kier alpha value is -1.92. The summed E-state index contributed by atoms with van der Waals surface area (Å²) in [7, 11) is 1.44. The number of benzene rings is 1. The predicted octanol–water partition coefficient (Wildman–Crippen LogP) is 2.19. The Balaban J connectivity index is 2.70. The predicted molar refractivity (Wildman–Crippen MR) is 59.9 cm³/mol. The van der Waals surface area contributed by atoms with Gasteiger partial charge in [-0.05, 0) is 12.1 Å². The van der Waals surface area contributed by atoms with Gasteiger partial charge in [-0.1, -0.05) is 6.07 Å². The summed E-state index contributed by atoms with van der Waals surface area (Å²) >= 11 is 0. The Morgan fingerprint density at radius 1 is 1.39 bits per heavy atom. The summed E-state index contributed by atoms with van der Waals surface area (Å²) < 4.78 is 47.4. The maximum Gasteiger partial charge on any atom is 0.401 e. The van der Waals surface area contributed by atoms with E-state index < -0.39 is 24.5 Å². The average Bonchev–Trinajstić information content (AvgIpc) is 2.27. The van der Waals surface area contributed by atoms with Crippen molar-refractivity contribution in [1.82, 2.24) is 0 Å². The minimum atomic E-state index is -4.59. The number of nitrogens with one attached hydrogen (secondary N) is 1. The van der Waals surface area contributed by atoms with Crippen molar-refractivity contribution in [3.63, 3.8) is 0 Å². The monoisotopic (exact) mass is 262 g/mol. The van der Waals surface area contributed by atoms with Gasteiger partial charge in [-0.3, -0.25) is 5.41 Å². The second-order valence-electron chi connectivity index (χ2n) is 3.54. The molecular formula is C11H13F3N2O2. The van der Waals surface area contributed by atoms with Crippen LogP contribution in [0.2, 0.25) is 0 Å². The highest BCUT2D eigenvalue weighted by Gasteiger charge is 2.42. The molecular weight excluding hydrogens is 249 g/mol. The third-order valence-corrected chi connectivity index (χ3v) is 2.23. The zero-order valence-corrected chi connectivity index (χ0v) is 9.62. The van der Waals surface area contributed by atoms with Gasteiger partial charge in [-0.2, -0.15) is 13.2 Å². The lowest BCUT2D eigenvalue weighted by atomic mass is 10.1. The van der Waals surface area contributed by atoms with Crippen molar-refractivity contribution in [1.29, 1.82) is 5.41 Å². The molecule has 1 rings (SSSR count). The van der Waals surface area contributed by atoms with Gasteiger partial charge in [0.25, 0.3) is 0 Å². The Bertz CT molecular complexity index is 421. The number of nitrogens with two attached hydrogens (primary N) is 1. The van der Waals surface area contributed by atoms with Crippen molar-refractivity contribution in [3.05, 3.63) is 24.3 Å². The fraction of sp³-hybridized carbons (Fsp3) is 0.364. The summed E-state index contributed by atoms with van der Waals surface area (Å²) in [5.74, 6) is -2.38. The summed E-state index contributed by atoms with van der Waals surface area (Å²) in [5, 5.41) is 6.90. The number of halogens is 3. The summed E-state index contributed by atoms with van der Waals surface area (Å²) in [6.07, 6.45) is -4.59. The second-order valence-corrected chi connectivity index (χ2v) is 3.54. The second kappa shape index (κ2) is 5.61. The smallest absolute Gasteiger partial charge is 0.401 e. The molecule has 0 aliphatic heterocycles. The number of hydrogen-bond donors (Lipinski definition) is 2. The van der Waals surface area contributed by atoms with Crippen molar-refractivity contribution in [2.24, 2.45) is 11.7 Å². The maximum atomic E-state index is 12.5. The first-order valence-electron chi connectivity index (χ1n) is 5.02. The molecule has 0 aromatic heterocycles. The quantitative estimate of drug-likeness (QED) is 0.631. The molecule has 100 valence electrons. The van der Waals surface area contributed by atoms with E-state index in [2.05, 4.69) is 0 Å². The number of amidine groups is 1. The molecule has 3 N–H and O–H groups in total. The van der Waals surface area contributed by atoms with E-state index in [1.54, 1.807) is 12.1 Å². The Morgan fingerprint density at radius 3 is 2.50 bits per heavy atom. The molecule has 4 nitrogen and oxygen atoms in total. The van der Waals surface area contributed by atoms with Gasteiger partial charge in [0.05, 0.1) is 7.11 Å². The van der Waals surface area contributed by atoms with Gasteiger partial charge in [-0.15, -0.1) is 0 Å². The van der Waals surface area contributed by atoms with E-state index in [0.29, 0.717) is 5.75 Å². The summed E-state index contributed by atoms with van der Waals surface area (Å²) in [5.41, 5.74) is 4.90. The molecule has 0 saturated heterocycles. The molecule has 0 fully saturated rings. The van der Waals surface area contributed by atoms with Crippen LogP contribution in [0, 0.1) is 11.3 Å². The lowest BCUT2D eigenvalue weighted by molar-refractivity contribution is -0.162. The van der Waals surface area contributed by atoms with Crippen LogP contribution in [0.5, 0.6) is 11.5 Å². The molecule has 1 atom stereocenters. The van der Waals surface area contributed by atoms with Crippen molar-refractivity contribution < 1.29 is 22.6 Å². The first-order valence-corrected chi connectivity index (χ1v) is 5.02. The zero-order chi connectivity index (χ0) is 13.8. The third kappa shape index (κ3) is 3.83. The van der Waals surface area contributed by atoms with E-state index in [1.165, 1.54) is 19.2 Å². The molecule has 0 aliphatic carbocycles. The minimum absolute atomic E-state index is 0.227. The molecule has 0 bridgehead atoms.